The summed E-state index contributed by atoms with van der Waals surface area (Å²) in [6, 6.07) is 25.1. The molecule has 38 heavy (non-hydrogen) atoms. The van der Waals surface area contributed by atoms with E-state index in [0.717, 1.165) is 22.4 Å². The Morgan fingerprint density at radius 1 is 1.00 bits per heavy atom. The molecule has 194 valence electrons. The van der Waals surface area contributed by atoms with E-state index in [9.17, 15) is 9.59 Å². The number of carbonyl (C=O) groups is 2. The Balaban J connectivity index is 1.38. The maximum absolute atomic E-state index is 12.9. The fourth-order valence-electron chi connectivity index (χ4n) is 3.89. The molecule has 0 bridgehead atoms. The van der Waals surface area contributed by atoms with Gasteiger partial charge in [0.05, 0.1) is 16.6 Å². The fourth-order valence-corrected chi connectivity index (χ4v) is 5.89. The number of primary amides is 1. The van der Waals surface area contributed by atoms with Gasteiger partial charge in [0.2, 0.25) is 0 Å². The summed E-state index contributed by atoms with van der Waals surface area (Å²) in [6.07, 6.45) is 1.43. The third-order valence-electron chi connectivity index (χ3n) is 5.84. The van der Waals surface area contributed by atoms with E-state index in [2.05, 4.69) is 38.7 Å². The third-order valence-corrected chi connectivity index (χ3v) is 7.87. The molecule has 3 aromatic carbocycles. The molecule has 0 atom stereocenters. The van der Waals surface area contributed by atoms with Gasteiger partial charge in [-0.2, -0.15) is 0 Å². The second kappa shape index (κ2) is 12.8. The van der Waals surface area contributed by atoms with Crippen LogP contribution in [0.4, 0.5) is 5.00 Å². The zero-order valence-electron chi connectivity index (χ0n) is 20.6. The van der Waals surface area contributed by atoms with Gasteiger partial charge in [-0.05, 0) is 70.0 Å². The van der Waals surface area contributed by atoms with E-state index in [-0.39, 0.29) is 5.11 Å². The number of amides is 2. The SMILES string of the molecule is Cc1c(Cc2ccccc2)sc(NC(=S)NC(=O)c2ccc(OCCc3ccccc3)c(Br)c2)c1C(N)=O. The molecule has 1 aromatic heterocycles. The van der Waals surface area contributed by atoms with Crippen molar-refractivity contribution in [3.63, 3.8) is 0 Å². The van der Waals surface area contributed by atoms with Crippen LogP contribution in [0.2, 0.25) is 0 Å². The first-order valence-electron chi connectivity index (χ1n) is 11.9. The largest absolute Gasteiger partial charge is 0.492 e. The first kappa shape index (κ1) is 27.5. The number of hydrogen-bond donors (Lipinski definition) is 3. The van der Waals surface area contributed by atoms with Gasteiger partial charge in [0.25, 0.3) is 11.8 Å². The van der Waals surface area contributed by atoms with Gasteiger partial charge in [0.15, 0.2) is 5.11 Å². The van der Waals surface area contributed by atoms with Gasteiger partial charge >= 0.3 is 0 Å². The van der Waals surface area contributed by atoms with Crippen molar-refractivity contribution in [3.8, 4) is 5.75 Å². The Morgan fingerprint density at radius 2 is 1.66 bits per heavy atom. The van der Waals surface area contributed by atoms with E-state index in [1.807, 2.05) is 55.5 Å². The van der Waals surface area contributed by atoms with Crippen molar-refractivity contribution >= 4 is 61.4 Å². The summed E-state index contributed by atoms with van der Waals surface area (Å²) in [6.45, 7) is 2.37. The average Bonchev–Trinajstić information content (AvgIpc) is 3.20. The highest BCUT2D eigenvalue weighted by atomic mass is 79.9. The Hall–Kier alpha value is -3.53. The van der Waals surface area contributed by atoms with Crippen LogP contribution in [0.15, 0.2) is 83.3 Å². The molecule has 0 aliphatic heterocycles. The number of carbonyl (C=O) groups excluding carboxylic acids is 2. The Morgan fingerprint density at radius 3 is 2.29 bits per heavy atom. The first-order valence-corrected chi connectivity index (χ1v) is 13.9. The van der Waals surface area contributed by atoms with Crippen LogP contribution in [0.1, 0.15) is 42.3 Å². The molecule has 4 aromatic rings. The number of thiophene rings is 1. The van der Waals surface area contributed by atoms with Crippen LogP contribution in [0.5, 0.6) is 5.75 Å². The van der Waals surface area contributed by atoms with Crippen molar-refractivity contribution < 1.29 is 14.3 Å². The van der Waals surface area contributed by atoms with E-state index in [1.54, 1.807) is 18.2 Å². The van der Waals surface area contributed by atoms with E-state index >= 15 is 0 Å². The molecule has 4 N–H and O–H groups in total. The van der Waals surface area contributed by atoms with Crippen molar-refractivity contribution in [2.75, 3.05) is 11.9 Å². The van der Waals surface area contributed by atoms with E-state index in [0.29, 0.717) is 39.4 Å². The summed E-state index contributed by atoms with van der Waals surface area (Å²) in [7, 11) is 0. The zero-order chi connectivity index (χ0) is 27.1. The molecule has 9 heteroatoms. The minimum absolute atomic E-state index is 0.0734. The number of nitrogens with two attached hydrogens (primary N) is 1. The lowest BCUT2D eigenvalue weighted by molar-refractivity contribution is 0.0975. The molecule has 0 aliphatic rings. The number of hydrogen-bond acceptors (Lipinski definition) is 5. The Kier molecular flexibility index (Phi) is 9.28. The smallest absolute Gasteiger partial charge is 0.257 e. The predicted octanol–water partition coefficient (Wildman–Crippen LogP) is 6.26. The van der Waals surface area contributed by atoms with Gasteiger partial charge in [-0.15, -0.1) is 11.3 Å². The average molecular weight is 609 g/mol. The summed E-state index contributed by atoms with van der Waals surface area (Å²) in [5, 5.41) is 6.25. The summed E-state index contributed by atoms with van der Waals surface area (Å²) in [5.41, 5.74) is 9.55. The van der Waals surface area contributed by atoms with Gasteiger partial charge in [0, 0.05) is 23.3 Å². The Labute approximate surface area is 239 Å². The van der Waals surface area contributed by atoms with Crippen LogP contribution in [-0.2, 0) is 12.8 Å². The van der Waals surface area contributed by atoms with Gasteiger partial charge in [-0.3, -0.25) is 14.9 Å². The second-order valence-electron chi connectivity index (χ2n) is 8.52. The quantitative estimate of drug-likeness (QED) is 0.195. The van der Waals surface area contributed by atoms with Crippen molar-refractivity contribution in [2.45, 2.75) is 19.8 Å². The number of nitrogens with one attached hydrogen (secondary N) is 2. The number of anilines is 1. The van der Waals surface area contributed by atoms with Crippen LogP contribution in [0.25, 0.3) is 0 Å². The summed E-state index contributed by atoms with van der Waals surface area (Å²) in [4.78, 5) is 26.0. The topological polar surface area (TPSA) is 93.4 Å². The van der Waals surface area contributed by atoms with Crippen LogP contribution in [0.3, 0.4) is 0 Å². The molecule has 4 rings (SSSR count). The van der Waals surface area contributed by atoms with Gasteiger partial charge < -0.3 is 15.8 Å². The van der Waals surface area contributed by atoms with Gasteiger partial charge in [-0.25, -0.2) is 0 Å². The lowest BCUT2D eigenvalue weighted by Gasteiger charge is -2.12. The predicted molar refractivity (Wildman–Crippen MR) is 160 cm³/mol. The van der Waals surface area contributed by atoms with E-state index in [1.165, 1.54) is 16.9 Å². The van der Waals surface area contributed by atoms with Crippen LogP contribution >= 0.6 is 39.5 Å². The van der Waals surface area contributed by atoms with Crippen LogP contribution < -0.4 is 21.1 Å². The normalized spacial score (nSPS) is 10.6. The minimum Gasteiger partial charge on any atom is -0.492 e. The fraction of sp³-hybridized carbons (Fsp3) is 0.138. The maximum Gasteiger partial charge on any atom is 0.257 e. The molecule has 0 aliphatic carbocycles. The molecule has 0 unspecified atom stereocenters. The number of ether oxygens (including phenoxy) is 1. The summed E-state index contributed by atoms with van der Waals surface area (Å²) >= 11 is 10.3. The molecule has 1 heterocycles. The molecule has 0 spiro atoms. The van der Waals surface area contributed by atoms with Crippen molar-refractivity contribution in [1.29, 1.82) is 0 Å². The summed E-state index contributed by atoms with van der Waals surface area (Å²) in [5.74, 6) is -0.303. The molecule has 2 amide bonds. The lowest BCUT2D eigenvalue weighted by atomic mass is 10.1. The minimum atomic E-state index is -0.554. The molecule has 6 nitrogen and oxygen atoms in total. The lowest BCUT2D eigenvalue weighted by Crippen LogP contribution is -2.34. The van der Waals surface area contributed by atoms with Crippen molar-refractivity contribution in [1.82, 2.24) is 5.32 Å². The number of rotatable bonds is 9. The highest BCUT2D eigenvalue weighted by Crippen LogP contribution is 2.34. The van der Waals surface area contributed by atoms with E-state index in [4.69, 9.17) is 22.7 Å². The molecule has 0 saturated heterocycles. The first-order chi connectivity index (χ1) is 18.3. The number of benzene rings is 3. The van der Waals surface area contributed by atoms with Crippen LogP contribution in [0, 0.1) is 6.92 Å². The molecule has 0 saturated carbocycles. The zero-order valence-corrected chi connectivity index (χ0v) is 23.8. The monoisotopic (exact) mass is 607 g/mol. The molecular weight excluding hydrogens is 582 g/mol. The van der Waals surface area contributed by atoms with Gasteiger partial charge in [0.1, 0.15) is 10.8 Å². The summed E-state index contributed by atoms with van der Waals surface area (Å²) < 4.78 is 6.53. The number of thiocarbonyl (C=S) groups is 1. The van der Waals surface area contributed by atoms with Crippen LogP contribution in [-0.4, -0.2) is 23.5 Å². The highest BCUT2D eigenvalue weighted by Gasteiger charge is 2.21. The van der Waals surface area contributed by atoms with Crippen molar-refractivity contribution in [3.05, 3.63) is 116 Å². The molecule has 0 radical (unpaired) electrons. The maximum atomic E-state index is 12.9. The molecule has 0 fully saturated rings. The number of halogens is 1. The van der Waals surface area contributed by atoms with Crippen molar-refractivity contribution in [2.24, 2.45) is 5.73 Å². The second-order valence-corrected chi connectivity index (χ2v) is 10.9. The highest BCUT2D eigenvalue weighted by molar-refractivity contribution is 9.10. The standard InChI is InChI=1S/C29H26BrN3O3S2/c1-18-24(16-20-10-6-3-7-11-20)38-28(25(18)26(31)34)33-29(37)32-27(35)21-12-13-23(22(30)17-21)36-15-14-19-8-4-2-5-9-19/h2-13,17H,14-16H2,1H3,(H2,31,34)(H2,32,33,35,37). The molecular formula is C29H26BrN3O3S2. The van der Waals surface area contributed by atoms with E-state index < -0.39 is 11.8 Å². The van der Waals surface area contributed by atoms with Gasteiger partial charge in [-0.1, -0.05) is 60.7 Å². The Bertz CT molecular complexity index is 1460. The third kappa shape index (κ3) is 7.06.